The van der Waals surface area contributed by atoms with Crippen molar-refractivity contribution in [2.24, 2.45) is 11.8 Å². The van der Waals surface area contributed by atoms with Crippen LogP contribution < -0.4 is 15.5 Å². The molecule has 1 saturated carbocycles. The van der Waals surface area contributed by atoms with Gasteiger partial charge in [-0.25, -0.2) is 9.97 Å². The molecule has 3 aliphatic rings. The summed E-state index contributed by atoms with van der Waals surface area (Å²) >= 11 is 0. The number of nitrogens with zero attached hydrogens (tertiary/aromatic N) is 6. The van der Waals surface area contributed by atoms with E-state index in [0.29, 0.717) is 30.5 Å². The molecule has 1 aliphatic carbocycles. The van der Waals surface area contributed by atoms with E-state index in [1.165, 1.54) is 5.56 Å². The second-order valence-corrected chi connectivity index (χ2v) is 11.5. The number of nitrogens with one attached hydrogen (secondary N) is 2. The second kappa shape index (κ2) is 12.0. The minimum absolute atomic E-state index is 0.0551. The number of likely N-dealkylation sites (N-methyl/N-ethyl adjacent to an activating group) is 1. The fraction of sp³-hybridized carbons (Fsp3) is 0.621. The predicted octanol–water partition coefficient (Wildman–Crippen LogP) is 2.97. The first-order valence-corrected chi connectivity index (χ1v) is 14.5. The van der Waals surface area contributed by atoms with Crippen LogP contribution in [0, 0.1) is 11.8 Å². The Hall–Kier alpha value is -3.11. The Balaban J connectivity index is 1.34. The van der Waals surface area contributed by atoms with E-state index in [0.717, 1.165) is 76.9 Å². The number of carbonyl (C=O) groups excluding carboxylic acids is 2. The van der Waals surface area contributed by atoms with E-state index in [1.807, 2.05) is 17.2 Å². The maximum Gasteiger partial charge on any atom is 0.230 e. The third kappa shape index (κ3) is 5.91. The lowest BCUT2D eigenvalue weighted by molar-refractivity contribution is -0.122. The van der Waals surface area contributed by atoms with Crippen LogP contribution in [0.3, 0.4) is 0 Å². The van der Waals surface area contributed by atoms with Gasteiger partial charge in [0.1, 0.15) is 11.6 Å². The minimum Gasteiger partial charge on any atom is -0.356 e. The van der Waals surface area contributed by atoms with Crippen LogP contribution in [-0.2, 0) is 22.6 Å². The van der Waals surface area contributed by atoms with Gasteiger partial charge in [0, 0.05) is 63.1 Å². The molecule has 2 aromatic rings. The lowest BCUT2D eigenvalue weighted by Crippen LogP contribution is -2.57. The summed E-state index contributed by atoms with van der Waals surface area (Å²) in [4.78, 5) is 45.7. The van der Waals surface area contributed by atoms with Gasteiger partial charge in [0.15, 0.2) is 0 Å². The van der Waals surface area contributed by atoms with Crippen molar-refractivity contribution in [2.75, 3.05) is 49.5 Å². The summed E-state index contributed by atoms with van der Waals surface area (Å²) in [5.74, 6) is 1.85. The molecular formula is C29H42N8O2. The van der Waals surface area contributed by atoms with Gasteiger partial charge in [0.25, 0.3) is 0 Å². The van der Waals surface area contributed by atoms with Crippen LogP contribution >= 0.6 is 0 Å². The van der Waals surface area contributed by atoms with Crippen LogP contribution in [0.5, 0.6) is 0 Å². The quantitative estimate of drug-likeness (QED) is 0.424. The Kier molecular flexibility index (Phi) is 8.42. The third-order valence-corrected chi connectivity index (χ3v) is 8.96. The highest BCUT2D eigenvalue weighted by molar-refractivity contribution is 5.82. The Bertz CT molecular complexity index is 1140. The van der Waals surface area contributed by atoms with Crippen LogP contribution in [0.25, 0.3) is 0 Å². The zero-order valence-corrected chi connectivity index (χ0v) is 23.5. The van der Waals surface area contributed by atoms with Crippen LogP contribution in [0.4, 0.5) is 17.6 Å². The van der Waals surface area contributed by atoms with Crippen molar-refractivity contribution < 1.29 is 9.59 Å². The molecule has 0 radical (unpaired) electrons. The van der Waals surface area contributed by atoms with Gasteiger partial charge < -0.3 is 15.5 Å². The number of anilines is 3. The maximum atomic E-state index is 12.6. The Morgan fingerprint density at radius 2 is 1.92 bits per heavy atom. The molecule has 2 N–H and O–H groups in total. The Morgan fingerprint density at radius 3 is 2.49 bits per heavy atom. The van der Waals surface area contributed by atoms with Gasteiger partial charge >= 0.3 is 0 Å². The van der Waals surface area contributed by atoms with Crippen molar-refractivity contribution in [2.45, 2.75) is 65.0 Å². The first-order valence-electron chi connectivity index (χ1n) is 14.5. The van der Waals surface area contributed by atoms with Gasteiger partial charge in [-0.3, -0.25) is 19.4 Å². The maximum absolute atomic E-state index is 12.6. The van der Waals surface area contributed by atoms with E-state index in [4.69, 9.17) is 4.98 Å². The molecule has 2 aliphatic heterocycles. The smallest absolute Gasteiger partial charge is 0.230 e. The fourth-order valence-electron chi connectivity index (χ4n) is 6.15. The first-order chi connectivity index (χ1) is 18.9. The van der Waals surface area contributed by atoms with E-state index >= 15 is 0 Å². The molecule has 0 aromatic carbocycles. The largest absolute Gasteiger partial charge is 0.356 e. The summed E-state index contributed by atoms with van der Waals surface area (Å²) in [6.07, 6.45) is 8.84. The van der Waals surface area contributed by atoms with Crippen LogP contribution in [0.1, 0.15) is 57.6 Å². The van der Waals surface area contributed by atoms with E-state index in [1.54, 1.807) is 6.20 Å². The van der Waals surface area contributed by atoms with Gasteiger partial charge in [0.2, 0.25) is 18.3 Å². The average Bonchev–Trinajstić information content (AvgIpc) is 3.32. The van der Waals surface area contributed by atoms with Crippen molar-refractivity contribution >= 4 is 29.9 Å². The highest BCUT2D eigenvalue weighted by Crippen LogP contribution is 2.45. The lowest BCUT2D eigenvalue weighted by Gasteiger charge is -2.51. The molecule has 0 spiro atoms. The van der Waals surface area contributed by atoms with Crippen molar-refractivity contribution in [1.29, 1.82) is 0 Å². The zero-order valence-electron chi connectivity index (χ0n) is 23.5. The summed E-state index contributed by atoms with van der Waals surface area (Å²) < 4.78 is 0. The SMILES string of the molecule is CCN1CCN(Cc2ccc(Nc3ncc(C[C@@H]4CCNC4=O)c(N(C=O)C4(C(C)C)CCC4)n3)nc2)CC1. The number of hydrogen-bond donors (Lipinski definition) is 2. The lowest BCUT2D eigenvalue weighted by atomic mass is 9.68. The highest BCUT2D eigenvalue weighted by Gasteiger charge is 2.46. The summed E-state index contributed by atoms with van der Waals surface area (Å²) in [6.45, 7) is 13.6. The summed E-state index contributed by atoms with van der Waals surface area (Å²) in [5.41, 5.74) is 1.74. The molecular weight excluding hydrogens is 492 g/mol. The van der Waals surface area contributed by atoms with Gasteiger partial charge in [-0.05, 0) is 56.2 Å². The molecule has 39 heavy (non-hydrogen) atoms. The molecule has 5 rings (SSSR count). The van der Waals surface area contributed by atoms with Gasteiger partial charge in [-0.2, -0.15) is 4.98 Å². The first kappa shape index (κ1) is 27.5. The van der Waals surface area contributed by atoms with Crippen LogP contribution in [0.15, 0.2) is 24.5 Å². The normalized spacial score (nSPS) is 21.4. The Labute approximate surface area is 231 Å². The molecule has 2 amide bonds. The number of pyridine rings is 1. The standard InChI is InChI=1S/C29H42N8O2/c1-4-35-12-14-36(15-13-35)19-22-6-7-25(31-17-22)33-28-32-18-24(16-23-8-11-30-27(23)39)26(34-28)37(20-38)29(21(2)3)9-5-10-29/h6-7,17-18,20-21,23H,4-5,8-16,19H2,1-3H3,(H,30,39)(H,31,32,33,34)/t23-/m0/s1. The summed E-state index contributed by atoms with van der Waals surface area (Å²) in [6, 6.07) is 4.05. The van der Waals surface area contributed by atoms with Crippen molar-refractivity contribution in [3.63, 3.8) is 0 Å². The van der Waals surface area contributed by atoms with Crippen molar-refractivity contribution in [1.82, 2.24) is 30.1 Å². The molecule has 210 valence electrons. The summed E-state index contributed by atoms with van der Waals surface area (Å²) in [7, 11) is 0. The predicted molar refractivity (Wildman–Crippen MR) is 152 cm³/mol. The van der Waals surface area contributed by atoms with Gasteiger partial charge in [0.05, 0.1) is 5.54 Å². The van der Waals surface area contributed by atoms with E-state index in [-0.39, 0.29) is 23.3 Å². The molecule has 2 aromatic heterocycles. The fourth-order valence-corrected chi connectivity index (χ4v) is 6.15. The van der Waals surface area contributed by atoms with Crippen LogP contribution in [-0.4, -0.2) is 81.9 Å². The van der Waals surface area contributed by atoms with Crippen molar-refractivity contribution in [3.05, 3.63) is 35.7 Å². The van der Waals surface area contributed by atoms with Gasteiger partial charge in [-0.15, -0.1) is 0 Å². The number of aromatic nitrogens is 3. The average molecular weight is 535 g/mol. The monoisotopic (exact) mass is 534 g/mol. The number of carbonyl (C=O) groups is 2. The third-order valence-electron chi connectivity index (χ3n) is 8.96. The zero-order chi connectivity index (χ0) is 27.4. The molecule has 10 heteroatoms. The number of rotatable bonds is 11. The molecule has 0 bridgehead atoms. The van der Waals surface area contributed by atoms with E-state index in [9.17, 15) is 9.59 Å². The number of piperazine rings is 1. The highest BCUT2D eigenvalue weighted by atomic mass is 16.2. The molecule has 2 saturated heterocycles. The van der Waals surface area contributed by atoms with Gasteiger partial charge in [-0.1, -0.05) is 26.8 Å². The number of hydrogen-bond acceptors (Lipinski definition) is 8. The molecule has 4 heterocycles. The Morgan fingerprint density at radius 1 is 1.15 bits per heavy atom. The molecule has 0 unspecified atom stereocenters. The second-order valence-electron chi connectivity index (χ2n) is 11.5. The van der Waals surface area contributed by atoms with Crippen LogP contribution in [0.2, 0.25) is 0 Å². The molecule has 10 nitrogen and oxygen atoms in total. The summed E-state index contributed by atoms with van der Waals surface area (Å²) in [5, 5.41) is 6.15. The van der Waals surface area contributed by atoms with E-state index in [2.05, 4.69) is 57.2 Å². The van der Waals surface area contributed by atoms with E-state index < -0.39 is 0 Å². The topological polar surface area (TPSA) is 107 Å². The number of amides is 2. The van der Waals surface area contributed by atoms with Crippen molar-refractivity contribution in [3.8, 4) is 0 Å². The minimum atomic E-state index is -0.261. The molecule has 3 fully saturated rings. The molecule has 1 atom stereocenters.